The van der Waals surface area contributed by atoms with E-state index in [1.807, 2.05) is 18.2 Å². The average molecular weight is 270 g/mol. The molecule has 20 heavy (non-hydrogen) atoms. The molecule has 3 nitrogen and oxygen atoms in total. The Morgan fingerprint density at radius 3 is 2.50 bits per heavy atom. The van der Waals surface area contributed by atoms with Gasteiger partial charge in [-0.2, -0.15) is 0 Å². The van der Waals surface area contributed by atoms with Crippen LogP contribution in [0.3, 0.4) is 0 Å². The summed E-state index contributed by atoms with van der Waals surface area (Å²) in [7, 11) is 0. The van der Waals surface area contributed by atoms with E-state index in [1.165, 1.54) is 5.56 Å². The van der Waals surface area contributed by atoms with E-state index in [2.05, 4.69) is 44.8 Å². The minimum atomic E-state index is 0.139. The molecule has 0 aliphatic heterocycles. The van der Waals surface area contributed by atoms with Gasteiger partial charge in [-0.25, -0.2) is 0 Å². The number of aryl methyl sites for hydroxylation is 1. The molecule has 2 N–H and O–H groups in total. The third-order valence-electron chi connectivity index (χ3n) is 3.30. The number of hydrogen-bond acceptors (Lipinski definition) is 3. The van der Waals surface area contributed by atoms with Gasteiger partial charge in [0.05, 0.1) is 5.69 Å². The smallest absolute Gasteiger partial charge is 0.150 e. The van der Waals surface area contributed by atoms with E-state index in [1.54, 1.807) is 6.20 Å². The fourth-order valence-electron chi connectivity index (χ4n) is 2.02. The van der Waals surface area contributed by atoms with Crippen molar-refractivity contribution in [2.45, 2.75) is 39.7 Å². The first-order chi connectivity index (χ1) is 9.41. The maximum atomic E-state index is 5.96. The third kappa shape index (κ3) is 3.17. The maximum Gasteiger partial charge on any atom is 0.150 e. The molecule has 0 fully saturated rings. The molecule has 3 heteroatoms. The molecule has 0 aliphatic carbocycles. The fourth-order valence-corrected chi connectivity index (χ4v) is 2.02. The summed E-state index contributed by atoms with van der Waals surface area (Å²) in [5, 5.41) is 0. The minimum absolute atomic E-state index is 0.139. The second kappa shape index (κ2) is 5.63. The average Bonchev–Trinajstić information content (AvgIpc) is 2.40. The van der Waals surface area contributed by atoms with Gasteiger partial charge in [-0.1, -0.05) is 32.9 Å². The first-order valence-electron chi connectivity index (χ1n) is 6.85. The highest BCUT2D eigenvalue weighted by Gasteiger charge is 2.15. The Morgan fingerprint density at radius 1 is 1.15 bits per heavy atom. The Hall–Kier alpha value is -1.87. The largest absolute Gasteiger partial charge is 0.455 e. The summed E-state index contributed by atoms with van der Waals surface area (Å²) in [6.07, 6.45) is 1.73. The van der Waals surface area contributed by atoms with E-state index in [0.717, 1.165) is 22.8 Å². The topological polar surface area (TPSA) is 48.1 Å². The number of pyridine rings is 1. The molecule has 106 valence electrons. The molecule has 2 rings (SSSR count). The second-order valence-corrected chi connectivity index (χ2v) is 5.98. The SMILES string of the molecule is Cc1cc(C(C)(C)C)ccc1Oc1cccnc1CN. The van der Waals surface area contributed by atoms with E-state index < -0.39 is 0 Å². The van der Waals surface area contributed by atoms with Gasteiger partial charge in [0, 0.05) is 12.7 Å². The van der Waals surface area contributed by atoms with Crippen molar-refractivity contribution in [3.8, 4) is 11.5 Å². The van der Waals surface area contributed by atoms with Gasteiger partial charge >= 0.3 is 0 Å². The Labute approximate surface area is 120 Å². The van der Waals surface area contributed by atoms with Crippen LogP contribution in [-0.4, -0.2) is 4.98 Å². The van der Waals surface area contributed by atoms with Gasteiger partial charge in [0.2, 0.25) is 0 Å². The number of rotatable bonds is 3. The monoisotopic (exact) mass is 270 g/mol. The van der Waals surface area contributed by atoms with Crippen LogP contribution in [0.5, 0.6) is 11.5 Å². The summed E-state index contributed by atoms with van der Waals surface area (Å²) in [4.78, 5) is 4.23. The molecule has 0 spiro atoms. The van der Waals surface area contributed by atoms with Crippen molar-refractivity contribution in [3.05, 3.63) is 53.3 Å². The van der Waals surface area contributed by atoms with Crippen LogP contribution in [0.25, 0.3) is 0 Å². The van der Waals surface area contributed by atoms with Crippen LogP contribution < -0.4 is 10.5 Å². The van der Waals surface area contributed by atoms with E-state index >= 15 is 0 Å². The van der Waals surface area contributed by atoms with Gasteiger partial charge in [0.1, 0.15) is 11.5 Å². The molecule has 0 bridgehead atoms. The van der Waals surface area contributed by atoms with Crippen LogP contribution in [-0.2, 0) is 12.0 Å². The van der Waals surface area contributed by atoms with Crippen LogP contribution in [0.4, 0.5) is 0 Å². The second-order valence-electron chi connectivity index (χ2n) is 5.98. The van der Waals surface area contributed by atoms with Crippen LogP contribution in [0.1, 0.15) is 37.6 Å². The molecular weight excluding hydrogens is 248 g/mol. The minimum Gasteiger partial charge on any atom is -0.455 e. The van der Waals surface area contributed by atoms with Crippen molar-refractivity contribution in [1.82, 2.24) is 4.98 Å². The highest BCUT2D eigenvalue weighted by atomic mass is 16.5. The zero-order valence-electron chi connectivity index (χ0n) is 12.6. The highest BCUT2D eigenvalue weighted by molar-refractivity contribution is 5.42. The zero-order chi connectivity index (χ0) is 14.8. The van der Waals surface area contributed by atoms with Gasteiger partial charge in [-0.3, -0.25) is 4.98 Å². The molecule has 0 saturated heterocycles. The lowest BCUT2D eigenvalue weighted by Gasteiger charge is -2.20. The fraction of sp³-hybridized carbons (Fsp3) is 0.353. The maximum absolute atomic E-state index is 5.96. The van der Waals surface area contributed by atoms with Crippen molar-refractivity contribution in [1.29, 1.82) is 0 Å². The molecule has 1 aromatic carbocycles. The molecule has 1 aromatic heterocycles. The third-order valence-corrected chi connectivity index (χ3v) is 3.30. The van der Waals surface area contributed by atoms with E-state index in [9.17, 15) is 0 Å². The molecule has 0 atom stereocenters. The van der Waals surface area contributed by atoms with Crippen molar-refractivity contribution in [3.63, 3.8) is 0 Å². The molecular formula is C17H22N2O. The molecule has 0 saturated carbocycles. The summed E-state index contributed by atoms with van der Waals surface area (Å²) < 4.78 is 5.96. The van der Waals surface area contributed by atoms with E-state index in [4.69, 9.17) is 10.5 Å². The number of ether oxygens (including phenoxy) is 1. The Kier molecular flexibility index (Phi) is 4.09. The van der Waals surface area contributed by atoms with Crippen molar-refractivity contribution in [2.24, 2.45) is 5.73 Å². The number of hydrogen-bond donors (Lipinski definition) is 1. The lowest BCUT2D eigenvalue weighted by molar-refractivity contribution is 0.468. The predicted molar refractivity (Wildman–Crippen MR) is 82.1 cm³/mol. The molecule has 0 amide bonds. The number of benzene rings is 1. The predicted octanol–water partition coefficient (Wildman–Crippen LogP) is 3.94. The summed E-state index contributed by atoms with van der Waals surface area (Å²) in [6.45, 7) is 9.04. The van der Waals surface area contributed by atoms with Crippen molar-refractivity contribution in [2.75, 3.05) is 0 Å². The van der Waals surface area contributed by atoms with Gasteiger partial charge in [-0.05, 0) is 41.7 Å². The van der Waals surface area contributed by atoms with Crippen LogP contribution in [0.15, 0.2) is 36.5 Å². The Balaban J connectivity index is 2.31. The van der Waals surface area contributed by atoms with Gasteiger partial charge in [0.15, 0.2) is 0 Å². The normalized spacial score (nSPS) is 11.4. The number of nitrogens with two attached hydrogens (primary N) is 1. The Morgan fingerprint density at radius 2 is 1.90 bits per heavy atom. The standard InChI is InChI=1S/C17H22N2O/c1-12-10-13(17(2,3)4)7-8-15(12)20-16-6-5-9-19-14(16)11-18/h5-10H,11,18H2,1-4H3. The van der Waals surface area contributed by atoms with Gasteiger partial charge in [0.25, 0.3) is 0 Å². The quantitative estimate of drug-likeness (QED) is 0.919. The van der Waals surface area contributed by atoms with Crippen LogP contribution in [0.2, 0.25) is 0 Å². The number of nitrogens with zero attached hydrogens (tertiary/aromatic N) is 1. The van der Waals surface area contributed by atoms with Crippen LogP contribution in [0, 0.1) is 6.92 Å². The first kappa shape index (κ1) is 14.5. The lowest BCUT2D eigenvalue weighted by atomic mass is 9.86. The molecule has 1 heterocycles. The molecule has 0 aliphatic rings. The molecule has 0 unspecified atom stereocenters. The number of aromatic nitrogens is 1. The van der Waals surface area contributed by atoms with E-state index in [-0.39, 0.29) is 5.41 Å². The lowest BCUT2D eigenvalue weighted by Crippen LogP contribution is -2.11. The van der Waals surface area contributed by atoms with Gasteiger partial charge < -0.3 is 10.5 Å². The Bertz CT molecular complexity index is 600. The zero-order valence-corrected chi connectivity index (χ0v) is 12.6. The van der Waals surface area contributed by atoms with E-state index in [0.29, 0.717) is 6.54 Å². The first-order valence-corrected chi connectivity index (χ1v) is 6.85. The summed E-state index contributed by atoms with van der Waals surface area (Å²) in [5.41, 5.74) is 9.00. The molecule has 2 aromatic rings. The summed E-state index contributed by atoms with van der Waals surface area (Å²) in [5.74, 6) is 1.57. The van der Waals surface area contributed by atoms with Crippen molar-refractivity contribution >= 4 is 0 Å². The summed E-state index contributed by atoms with van der Waals surface area (Å²) >= 11 is 0. The summed E-state index contributed by atoms with van der Waals surface area (Å²) in [6, 6.07) is 10.1. The molecule has 0 radical (unpaired) electrons. The van der Waals surface area contributed by atoms with Crippen molar-refractivity contribution < 1.29 is 4.74 Å². The van der Waals surface area contributed by atoms with Crippen LogP contribution >= 0.6 is 0 Å². The highest BCUT2D eigenvalue weighted by Crippen LogP contribution is 2.31. The van der Waals surface area contributed by atoms with Gasteiger partial charge in [-0.15, -0.1) is 0 Å².